The molecule has 1 unspecified atom stereocenters. The van der Waals surface area contributed by atoms with Gasteiger partial charge in [0.2, 0.25) is 0 Å². The second-order valence-electron chi connectivity index (χ2n) is 3.91. The number of nitrogens with one attached hydrogen (secondary N) is 1. The number of hydrogen-bond acceptors (Lipinski definition) is 5. The van der Waals surface area contributed by atoms with Crippen LogP contribution < -0.4 is 4.72 Å². The largest absolute Gasteiger partial charge is 0.449 e. The summed E-state index contributed by atoms with van der Waals surface area (Å²) in [6.07, 6.45) is -0.662. The highest BCUT2D eigenvalue weighted by Crippen LogP contribution is 2.22. The zero-order valence-electron chi connectivity index (χ0n) is 9.26. The van der Waals surface area contributed by atoms with Crippen LogP contribution in [0.15, 0.2) is 0 Å². The van der Waals surface area contributed by atoms with Gasteiger partial charge in [-0.05, 0) is 20.3 Å². The minimum absolute atomic E-state index is 0.0261. The van der Waals surface area contributed by atoms with Gasteiger partial charge in [-0.3, -0.25) is 0 Å². The molecule has 1 atom stereocenters. The maximum atomic E-state index is 11.6. The third-order valence-corrected chi connectivity index (χ3v) is 3.66. The van der Waals surface area contributed by atoms with E-state index in [4.69, 9.17) is 0 Å². The highest BCUT2D eigenvalue weighted by molar-refractivity contribution is 7.87. The van der Waals surface area contributed by atoms with E-state index in [9.17, 15) is 18.3 Å². The molecule has 0 spiro atoms. The zero-order valence-corrected chi connectivity index (χ0v) is 10.1. The van der Waals surface area contributed by atoms with E-state index in [0.717, 1.165) is 4.31 Å². The van der Waals surface area contributed by atoms with E-state index >= 15 is 0 Å². The summed E-state index contributed by atoms with van der Waals surface area (Å²) in [6.45, 7) is 3.38. The summed E-state index contributed by atoms with van der Waals surface area (Å²) in [4.78, 5) is 11.0. The average molecular weight is 252 g/mol. The Kier molecular flexibility index (Phi) is 3.76. The normalized spacial score (nSPS) is 26.7. The van der Waals surface area contributed by atoms with E-state index in [0.29, 0.717) is 6.42 Å². The molecule has 1 rings (SSSR count). The second-order valence-corrected chi connectivity index (χ2v) is 5.58. The summed E-state index contributed by atoms with van der Waals surface area (Å²) in [6, 6.07) is 0. The number of rotatable bonds is 3. The van der Waals surface area contributed by atoms with Gasteiger partial charge in [-0.2, -0.15) is 12.7 Å². The van der Waals surface area contributed by atoms with Crippen molar-refractivity contribution in [3.63, 3.8) is 0 Å². The second kappa shape index (κ2) is 4.56. The van der Waals surface area contributed by atoms with Crippen molar-refractivity contribution in [1.82, 2.24) is 9.03 Å². The lowest BCUT2D eigenvalue weighted by molar-refractivity contribution is 0.0760. The maximum Gasteiger partial charge on any atom is 0.421 e. The van der Waals surface area contributed by atoms with Crippen LogP contribution in [-0.2, 0) is 14.9 Å². The number of β-amino-alcohol motifs (C(OH)–C–C–N with tert-alkyl or cyclic N) is 1. The van der Waals surface area contributed by atoms with Crippen LogP contribution in [0.4, 0.5) is 4.79 Å². The van der Waals surface area contributed by atoms with Crippen molar-refractivity contribution >= 4 is 16.3 Å². The van der Waals surface area contributed by atoms with Gasteiger partial charge >= 0.3 is 16.3 Å². The highest BCUT2D eigenvalue weighted by atomic mass is 32.2. The fraction of sp³-hybridized carbons (Fsp3) is 0.875. The Hall–Kier alpha value is -0.860. The molecule has 1 amide bonds. The van der Waals surface area contributed by atoms with Gasteiger partial charge < -0.3 is 9.84 Å². The number of ether oxygens (including phenoxy) is 1. The molecule has 1 fully saturated rings. The van der Waals surface area contributed by atoms with Crippen LogP contribution in [0.3, 0.4) is 0 Å². The van der Waals surface area contributed by atoms with Gasteiger partial charge in [0.25, 0.3) is 0 Å². The van der Waals surface area contributed by atoms with Crippen molar-refractivity contribution in [2.75, 3.05) is 19.7 Å². The minimum Gasteiger partial charge on any atom is -0.449 e. The Morgan fingerprint density at radius 2 is 2.25 bits per heavy atom. The van der Waals surface area contributed by atoms with Gasteiger partial charge in [-0.1, -0.05) is 0 Å². The van der Waals surface area contributed by atoms with Gasteiger partial charge in [0.05, 0.1) is 12.2 Å². The summed E-state index contributed by atoms with van der Waals surface area (Å²) in [5.74, 6) is 0. The molecule has 0 saturated carbocycles. The fourth-order valence-electron chi connectivity index (χ4n) is 1.44. The Bertz CT molecular complexity index is 365. The van der Waals surface area contributed by atoms with Crippen molar-refractivity contribution in [3.8, 4) is 0 Å². The van der Waals surface area contributed by atoms with E-state index in [2.05, 4.69) is 4.74 Å². The molecule has 94 valence electrons. The zero-order chi connectivity index (χ0) is 12.4. The van der Waals surface area contributed by atoms with E-state index < -0.39 is 21.9 Å². The molecule has 0 aliphatic carbocycles. The minimum atomic E-state index is -3.90. The van der Waals surface area contributed by atoms with Crippen LogP contribution >= 0.6 is 0 Å². The molecule has 0 aromatic heterocycles. The predicted octanol–water partition coefficient (Wildman–Crippen LogP) is -0.566. The first-order chi connectivity index (χ1) is 7.27. The third kappa shape index (κ3) is 3.32. The van der Waals surface area contributed by atoms with Crippen LogP contribution in [0, 0.1) is 0 Å². The Morgan fingerprint density at radius 3 is 2.69 bits per heavy atom. The summed E-state index contributed by atoms with van der Waals surface area (Å²) in [5.41, 5.74) is -1.04. The summed E-state index contributed by atoms with van der Waals surface area (Å²) in [7, 11) is -3.90. The van der Waals surface area contributed by atoms with Crippen molar-refractivity contribution in [3.05, 3.63) is 0 Å². The standard InChI is InChI=1S/C8H16N2O5S/c1-3-15-7(11)9-16(13,14)10-5-4-8(2,12)6-10/h12H,3-6H2,1-2H3,(H,9,11). The first-order valence-electron chi connectivity index (χ1n) is 4.94. The van der Waals surface area contributed by atoms with E-state index in [1.807, 2.05) is 0 Å². The van der Waals surface area contributed by atoms with Crippen LogP contribution in [-0.4, -0.2) is 49.2 Å². The molecule has 8 heteroatoms. The monoisotopic (exact) mass is 252 g/mol. The maximum absolute atomic E-state index is 11.6. The average Bonchev–Trinajstić information content (AvgIpc) is 2.46. The highest BCUT2D eigenvalue weighted by Gasteiger charge is 2.38. The summed E-state index contributed by atoms with van der Waals surface area (Å²) < 4.78 is 30.5. The molecule has 0 aromatic rings. The number of carbonyl (C=O) groups excluding carboxylic acids is 1. The number of nitrogens with zero attached hydrogens (tertiary/aromatic N) is 1. The van der Waals surface area contributed by atoms with Gasteiger partial charge in [0.15, 0.2) is 0 Å². The molecule has 16 heavy (non-hydrogen) atoms. The first kappa shape index (κ1) is 13.2. The van der Waals surface area contributed by atoms with Gasteiger partial charge in [0.1, 0.15) is 0 Å². The van der Waals surface area contributed by atoms with Gasteiger partial charge in [0, 0.05) is 13.1 Å². The van der Waals surface area contributed by atoms with Crippen LogP contribution in [0.1, 0.15) is 20.3 Å². The SMILES string of the molecule is CCOC(=O)NS(=O)(=O)N1CCC(C)(O)C1. The summed E-state index contributed by atoms with van der Waals surface area (Å²) in [5, 5.41) is 9.62. The topological polar surface area (TPSA) is 95.9 Å². The molecule has 0 aromatic carbocycles. The predicted molar refractivity (Wildman–Crippen MR) is 55.9 cm³/mol. The number of amides is 1. The molecule has 1 saturated heterocycles. The molecule has 7 nitrogen and oxygen atoms in total. The van der Waals surface area contributed by atoms with E-state index in [1.54, 1.807) is 18.6 Å². The Labute approximate surface area is 94.6 Å². The lowest BCUT2D eigenvalue weighted by Crippen LogP contribution is -2.44. The molecular weight excluding hydrogens is 236 g/mol. The van der Waals surface area contributed by atoms with Crippen molar-refractivity contribution in [1.29, 1.82) is 0 Å². The molecule has 1 aliphatic rings. The third-order valence-electron chi connectivity index (χ3n) is 2.24. The number of aliphatic hydroxyl groups is 1. The van der Waals surface area contributed by atoms with Crippen molar-refractivity contribution in [2.45, 2.75) is 25.9 Å². The molecule has 2 N–H and O–H groups in total. The number of hydrogen-bond donors (Lipinski definition) is 2. The quantitative estimate of drug-likeness (QED) is 0.701. The molecule has 1 heterocycles. The molecule has 0 radical (unpaired) electrons. The lowest BCUT2D eigenvalue weighted by atomic mass is 10.1. The molecule has 0 bridgehead atoms. The van der Waals surface area contributed by atoms with Crippen molar-refractivity contribution in [2.24, 2.45) is 0 Å². The lowest BCUT2D eigenvalue weighted by Gasteiger charge is -2.18. The fourth-order valence-corrected chi connectivity index (χ4v) is 2.62. The van der Waals surface area contributed by atoms with Crippen LogP contribution in [0.5, 0.6) is 0 Å². The van der Waals surface area contributed by atoms with Crippen LogP contribution in [0.25, 0.3) is 0 Å². The van der Waals surface area contributed by atoms with E-state index in [1.165, 1.54) is 0 Å². The summed E-state index contributed by atoms with van der Waals surface area (Å²) >= 11 is 0. The first-order valence-corrected chi connectivity index (χ1v) is 6.38. The molecule has 1 aliphatic heterocycles. The number of carbonyl (C=O) groups is 1. The Balaban J connectivity index is 2.62. The van der Waals surface area contributed by atoms with Gasteiger partial charge in [-0.25, -0.2) is 9.52 Å². The smallest absolute Gasteiger partial charge is 0.421 e. The molecular formula is C8H16N2O5S. The van der Waals surface area contributed by atoms with Gasteiger partial charge in [-0.15, -0.1) is 0 Å². The van der Waals surface area contributed by atoms with E-state index in [-0.39, 0.29) is 19.7 Å². The Morgan fingerprint density at radius 1 is 1.62 bits per heavy atom. The van der Waals surface area contributed by atoms with Crippen LogP contribution in [0.2, 0.25) is 0 Å². The van der Waals surface area contributed by atoms with Crippen molar-refractivity contribution < 1.29 is 23.1 Å².